The maximum Gasteiger partial charge on any atom is 0.194 e. The van der Waals surface area contributed by atoms with Gasteiger partial charge in [-0.05, 0) is 25.1 Å². The van der Waals surface area contributed by atoms with Crippen LogP contribution in [0.1, 0.15) is 12.6 Å². The van der Waals surface area contributed by atoms with E-state index in [1.54, 1.807) is 6.26 Å². The summed E-state index contributed by atoms with van der Waals surface area (Å²) in [5.74, 6) is 1.86. The van der Waals surface area contributed by atoms with Crippen molar-refractivity contribution in [3.8, 4) is 0 Å². The van der Waals surface area contributed by atoms with Crippen molar-refractivity contribution in [1.29, 1.82) is 0 Å². The second kappa shape index (κ2) is 11.8. The summed E-state index contributed by atoms with van der Waals surface area (Å²) >= 11 is 0. The molecule has 0 amide bonds. The number of aromatic nitrogens is 2. The van der Waals surface area contributed by atoms with Gasteiger partial charge in [0.15, 0.2) is 5.96 Å². The van der Waals surface area contributed by atoms with Gasteiger partial charge in [0.1, 0.15) is 12.1 Å². The third-order valence-electron chi connectivity index (χ3n) is 5.16. The number of nitrogens with zero attached hydrogens (tertiary/aromatic N) is 5. The number of pyridine rings is 1. The van der Waals surface area contributed by atoms with E-state index in [4.69, 9.17) is 9.52 Å². The van der Waals surface area contributed by atoms with E-state index in [1.165, 1.54) is 0 Å². The third kappa shape index (κ3) is 6.54. The second-order valence-corrected chi connectivity index (χ2v) is 7.31. The van der Waals surface area contributed by atoms with Crippen LogP contribution in [0, 0.1) is 0 Å². The van der Waals surface area contributed by atoms with Gasteiger partial charge in [-0.1, -0.05) is 23.4 Å². The summed E-state index contributed by atoms with van der Waals surface area (Å²) in [6.07, 6.45) is 1.63. The van der Waals surface area contributed by atoms with E-state index in [0.29, 0.717) is 6.54 Å². The molecule has 2 aromatic heterocycles. The molecule has 166 valence electrons. The molecule has 1 aromatic carbocycles. The minimum atomic E-state index is 0. The fourth-order valence-electron chi connectivity index (χ4n) is 3.60. The highest BCUT2D eigenvalue weighted by molar-refractivity contribution is 14.0. The van der Waals surface area contributed by atoms with Crippen molar-refractivity contribution in [3.63, 3.8) is 0 Å². The molecule has 0 radical (unpaired) electrons. The number of piperazine rings is 1. The van der Waals surface area contributed by atoms with Gasteiger partial charge in [-0.25, -0.2) is 4.98 Å². The summed E-state index contributed by atoms with van der Waals surface area (Å²) in [5, 5.41) is 12.0. The fraction of sp³-hybridized carbons (Fsp3) is 0.409. The van der Waals surface area contributed by atoms with Crippen LogP contribution in [0.3, 0.4) is 0 Å². The number of benzene rings is 1. The summed E-state index contributed by atoms with van der Waals surface area (Å²) in [7, 11) is 0. The lowest BCUT2D eigenvalue weighted by atomic mass is 10.2. The number of guanidine groups is 1. The molecule has 0 atom stereocenters. The molecule has 0 unspecified atom stereocenters. The topological polar surface area (TPSA) is 81.8 Å². The molecule has 4 rings (SSSR count). The van der Waals surface area contributed by atoms with Crippen LogP contribution in [0.4, 0.5) is 5.82 Å². The Balaban J connectivity index is 0.00000272. The van der Waals surface area contributed by atoms with Gasteiger partial charge in [0, 0.05) is 57.3 Å². The van der Waals surface area contributed by atoms with Crippen LogP contribution in [0.2, 0.25) is 0 Å². The number of para-hydroxylation sites is 1. The summed E-state index contributed by atoms with van der Waals surface area (Å²) in [6.45, 7) is 9.09. The number of aliphatic imine (C=N–C) groups is 1. The molecule has 0 bridgehead atoms. The molecule has 1 saturated heterocycles. The Hall–Kier alpha value is -2.40. The van der Waals surface area contributed by atoms with Gasteiger partial charge in [-0.2, -0.15) is 0 Å². The predicted octanol–water partition coefficient (Wildman–Crippen LogP) is 3.04. The summed E-state index contributed by atoms with van der Waals surface area (Å²) < 4.78 is 4.93. The van der Waals surface area contributed by atoms with Crippen LogP contribution in [0.25, 0.3) is 10.9 Å². The number of anilines is 1. The Morgan fingerprint density at radius 3 is 2.71 bits per heavy atom. The standard InChI is InChI=1S/C22H29N7O.HI/c1-2-23-22(29-14-12-28(13-15-29)17-19-9-16-30-27-19)25-11-10-24-21-8-7-18-5-3-4-6-20(18)26-21;/h3-9,16H,2,10-15,17H2,1H3,(H,23,25)(H,24,26);1H. The normalized spacial score (nSPS) is 15.0. The van der Waals surface area contributed by atoms with E-state index in [9.17, 15) is 0 Å². The van der Waals surface area contributed by atoms with Gasteiger partial charge in [-0.15, -0.1) is 24.0 Å². The molecule has 3 heterocycles. The van der Waals surface area contributed by atoms with Crippen molar-refractivity contribution >= 4 is 46.7 Å². The van der Waals surface area contributed by atoms with Gasteiger partial charge < -0.3 is 20.1 Å². The van der Waals surface area contributed by atoms with E-state index in [-0.39, 0.29) is 24.0 Å². The summed E-state index contributed by atoms with van der Waals surface area (Å²) in [6, 6.07) is 14.2. The molecular weight excluding hydrogens is 505 g/mol. The summed E-state index contributed by atoms with van der Waals surface area (Å²) in [5.41, 5.74) is 1.99. The molecular formula is C22H30IN7O. The smallest absolute Gasteiger partial charge is 0.194 e. The van der Waals surface area contributed by atoms with E-state index in [1.807, 2.05) is 30.3 Å². The maximum absolute atomic E-state index is 4.93. The number of halogens is 1. The SMILES string of the molecule is CCNC(=NCCNc1ccc2ccccc2n1)N1CCN(Cc2ccon2)CC1.I. The largest absolute Gasteiger partial charge is 0.368 e. The zero-order chi connectivity index (χ0) is 20.6. The van der Waals surface area contributed by atoms with Gasteiger partial charge in [0.25, 0.3) is 0 Å². The third-order valence-corrected chi connectivity index (χ3v) is 5.16. The molecule has 8 nitrogen and oxygen atoms in total. The highest BCUT2D eigenvalue weighted by Gasteiger charge is 2.20. The highest BCUT2D eigenvalue weighted by Crippen LogP contribution is 2.14. The van der Waals surface area contributed by atoms with E-state index in [2.05, 4.69) is 49.6 Å². The molecule has 9 heteroatoms. The van der Waals surface area contributed by atoms with Crippen LogP contribution in [-0.2, 0) is 6.54 Å². The minimum absolute atomic E-state index is 0. The second-order valence-electron chi connectivity index (χ2n) is 7.31. The zero-order valence-electron chi connectivity index (χ0n) is 17.8. The fourth-order valence-corrected chi connectivity index (χ4v) is 3.60. The van der Waals surface area contributed by atoms with Gasteiger partial charge in [0.2, 0.25) is 0 Å². The van der Waals surface area contributed by atoms with Crippen molar-refractivity contribution in [2.75, 3.05) is 51.1 Å². The van der Waals surface area contributed by atoms with Gasteiger partial charge in [0.05, 0.1) is 17.8 Å². The van der Waals surface area contributed by atoms with Crippen molar-refractivity contribution in [1.82, 2.24) is 25.3 Å². The molecule has 1 aliphatic rings. The van der Waals surface area contributed by atoms with Crippen LogP contribution in [0.5, 0.6) is 0 Å². The first kappa shape index (κ1) is 23.3. The van der Waals surface area contributed by atoms with Gasteiger partial charge in [-0.3, -0.25) is 9.89 Å². The lowest BCUT2D eigenvalue weighted by Gasteiger charge is -2.36. The predicted molar refractivity (Wildman–Crippen MR) is 135 cm³/mol. The molecule has 1 fully saturated rings. The zero-order valence-corrected chi connectivity index (χ0v) is 20.2. The van der Waals surface area contributed by atoms with Crippen LogP contribution >= 0.6 is 24.0 Å². The number of rotatable bonds is 7. The minimum Gasteiger partial charge on any atom is -0.368 e. The maximum atomic E-state index is 4.93. The number of hydrogen-bond acceptors (Lipinski definition) is 6. The van der Waals surface area contributed by atoms with E-state index >= 15 is 0 Å². The Kier molecular flexibility index (Phi) is 8.89. The van der Waals surface area contributed by atoms with E-state index in [0.717, 1.165) is 74.2 Å². The lowest BCUT2D eigenvalue weighted by molar-refractivity contribution is 0.169. The molecule has 31 heavy (non-hydrogen) atoms. The first-order valence-electron chi connectivity index (χ1n) is 10.6. The molecule has 0 spiro atoms. The summed E-state index contributed by atoms with van der Waals surface area (Å²) in [4.78, 5) is 14.2. The average molecular weight is 535 g/mol. The Morgan fingerprint density at radius 2 is 1.94 bits per heavy atom. The first-order chi connectivity index (χ1) is 14.8. The van der Waals surface area contributed by atoms with Crippen molar-refractivity contribution in [2.24, 2.45) is 4.99 Å². The first-order valence-corrected chi connectivity index (χ1v) is 10.6. The van der Waals surface area contributed by atoms with Crippen LogP contribution in [0.15, 0.2) is 58.2 Å². The van der Waals surface area contributed by atoms with Gasteiger partial charge >= 0.3 is 0 Å². The Morgan fingerprint density at radius 1 is 1.10 bits per heavy atom. The van der Waals surface area contributed by atoms with E-state index < -0.39 is 0 Å². The molecule has 3 aromatic rings. The van der Waals surface area contributed by atoms with Crippen molar-refractivity contribution in [3.05, 3.63) is 54.4 Å². The molecule has 1 aliphatic heterocycles. The molecule has 0 saturated carbocycles. The Bertz CT molecular complexity index is 955. The van der Waals surface area contributed by atoms with Crippen LogP contribution < -0.4 is 10.6 Å². The molecule has 0 aliphatic carbocycles. The number of hydrogen-bond donors (Lipinski definition) is 2. The van der Waals surface area contributed by atoms with Crippen LogP contribution in [-0.4, -0.2) is 71.7 Å². The number of fused-ring (bicyclic) bond motifs is 1. The number of nitrogens with one attached hydrogen (secondary N) is 2. The van der Waals surface area contributed by atoms with Crippen molar-refractivity contribution in [2.45, 2.75) is 13.5 Å². The molecule has 2 N–H and O–H groups in total. The average Bonchev–Trinajstić information content (AvgIpc) is 3.29. The lowest BCUT2D eigenvalue weighted by Crippen LogP contribution is -2.52. The quantitative estimate of drug-likeness (QED) is 0.208. The van der Waals surface area contributed by atoms with Crippen molar-refractivity contribution < 1.29 is 4.52 Å². The highest BCUT2D eigenvalue weighted by atomic mass is 127. The Labute approximate surface area is 200 Å². The monoisotopic (exact) mass is 535 g/mol.